The maximum absolute atomic E-state index is 11.2. The van der Waals surface area contributed by atoms with E-state index in [1.54, 1.807) is 0 Å². The molecule has 2 heterocycles. The van der Waals surface area contributed by atoms with Crippen molar-refractivity contribution in [3.8, 4) is 5.75 Å². The second-order valence-corrected chi connectivity index (χ2v) is 7.93. The van der Waals surface area contributed by atoms with Gasteiger partial charge in [-0.2, -0.15) is 4.98 Å². The molecule has 0 aliphatic carbocycles. The molecule has 1 aromatic carbocycles. The Morgan fingerprint density at radius 3 is 2.77 bits per heavy atom. The molecular formula is C15H18N2O4S. The normalized spacial score (nSPS) is 20.6. The summed E-state index contributed by atoms with van der Waals surface area (Å²) in [7, 11) is -3.03. The molecular weight excluding hydrogens is 304 g/mol. The molecule has 118 valence electrons. The summed E-state index contributed by atoms with van der Waals surface area (Å²) in [5.41, 5.74) is 1.18. The number of nitrogens with zero attached hydrogens (tertiary/aromatic N) is 2. The predicted octanol–water partition coefficient (Wildman–Crippen LogP) is 1.76. The lowest BCUT2D eigenvalue weighted by molar-refractivity contribution is 0.195. The van der Waals surface area contributed by atoms with Crippen LogP contribution in [0.2, 0.25) is 0 Å². The predicted molar refractivity (Wildman–Crippen MR) is 80.7 cm³/mol. The van der Waals surface area contributed by atoms with Crippen molar-refractivity contribution in [1.82, 2.24) is 10.1 Å². The van der Waals surface area contributed by atoms with Crippen LogP contribution in [0, 0.1) is 0 Å². The van der Waals surface area contributed by atoms with Crippen molar-refractivity contribution in [3.05, 3.63) is 41.5 Å². The van der Waals surface area contributed by atoms with Gasteiger partial charge in [-0.1, -0.05) is 30.3 Å². The molecule has 1 aliphatic heterocycles. The zero-order valence-corrected chi connectivity index (χ0v) is 13.3. The summed E-state index contributed by atoms with van der Waals surface area (Å²) in [6.07, 6.45) is 1.94. The lowest BCUT2D eigenvalue weighted by Crippen LogP contribution is -2.20. The number of benzene rings is 1. The van der Waals surface area contributed by atoms with E-state index in [1.165, 1.54) is 11.8 Å². The topological polar surface area (TPSA) is 82.3 Å². The van der Waals surface area contributed by atoms with Crippen molar-refractivity contribution >= 4 is 9.84 Å². The fourth-order valence-electron chi connectivity index (χ4n) is 2.57. The standard InChI is InChI=1S/C15H18N2O4S/c1-10-11-5-3-4-6-12(11)20-13(10)9-15-16-14(17-21-15)7-8-22(2,18)19/h3-6,10,13H,7-9H2,1-2H3/t10-,13-/m0/s1. The number of fused-ring (bicyclic) bond motifs is 1. The van der Waals surface area contributed by atoms with Crippen LogP contribution in [0.4, 0.5) is 0 Å². The van der Waals surface area contributed by atoms with E-state index >= 15 is 0 Å². The van der Waals surface area contributed by atoms with Gasteiger partial charge in [-0.05, 0) is 6.07 Å². The van der Waals surface area contributed by atoms with Gasteiger partial charge in [-0.3, -0.25) is 0 Å². The summed E-state index contributed by atoms with van der Waals surface area (Å²) in [5, 5.41) is 3.83. The molecule has 22 heavy (non-hydrogen) atoms. The quantitative estimate of drug-likeness (QED) is 0.834. The van der Waals surface area contributed by atoms with E-state index in [4.69, 9.17) is 9.26 Å². The van der Waals surface area contributed by atoms with E-state index in [0.717, 1.165) is 5.75 Å². The summed E-state index contributed by atoms with van der Waals surface area (Å²) < 4.78 is 33.4. The first kappa shape index (κ1) is 15.0. The Labute approximate surface area is 129 Å². The van der Waals surface area contributed by atoms with Gasteiger partial charge in [0.2, 0.25) is 5.89 Å². The average molecular weight is 322 g/mol. The molecule has 6 nitrogen and oxygen atoms in total. The summed E-state index contributed by atoms with van der Waals surface area (Å²) in [4.78, 5) is 4.25. The minimum absolute atomic E-state index is 0.0216. The zero-order chi connectivity index (χ0) is 15.7. The number of aryl methyl sites for hydroxylation is 1. The van der Waals surface area contributed by atoms with Crippen molar-refractivity contribution < 1.29 is 17.7 Å². The molecule has 0 spiro atoms. The highest BCUT2D eigenvalue weighted by Crippen LogP contribution is 2.38. The lowest BCUT2D eigenvalue weighted by Gasteiger charge is -2.12. The van der Waals surface area contributed by atoms with Crippen LogP contribution in [0.25, 0.3) is 0 Å². The van der Waals surface area contributed by atoms with E-state index in [-0.39, 0.29) is 24.2 Å². The Morgan fingerprint density at radius 2 is 2.05 bits per heavy atom. The molecule has 7 heteroatoms. The van der Waals surface area contributed by atoms with E-state index in [0.29, 0.717) is 18.1 Å². The Hall–Kier alpha value is -1.89. The van der Waals surface area contributed by atoms with Crippen LogP contribution in [-0.4, -0.2) is 36.7 Å². The number of rotatable bonds is 5. The van der Waals surface area contributed by atoms with Crippen molar-refractivity contribution in [3.63, 3.8) is 0 Å². The highest BCUT2D eigenvalue weighted by atomic mass is 32.2. The van der Waals surface area contributed by atoms with Crippen LogP contribution in [0.1, 0.15) is 30.1 Å². The third-order valence-corrected chi connectivity index (χ3v) is 4.77. The van der Waals surface area contributed by atoms with Gasteiger partial charge in [0.05, 0.1) is 12.2 Å². The second kappa shape index (κ2) is 5.72. The van der Waals surface area contributed by atoms with Crippen LogP contribution >= 0.6 is 0 Å². The Morgan fingerprint density at radius 1 is 1.27 bits per heavy atom. The van der Waals surface area contributed by atoms with Gasteiger partial charge >= 0.3 is 0 Å². The largest absolute Gasteiger partial charge is 0.489 e. The Bertz CT molecular complexity index is 769. The molecule has 0 bridgehead atoms. The molecule has 0 unspecified atom stereocenters. The fourth-order valence-corrected chi connectivity index (χ4v) is 3.12. The van der Waals surface area contributed by atoms with Gasteiger partial charge in [-0.25, -0.2) is 8.42 Å². The minimum atomic E-state index is -3.03. The van der Waals surface area contributed by atoms with Gasteiger partial charge in [0.1, 0.15) is 21.7 Å². The fraction of sp³-hybridized carbons (Fsp3) is 0.467. The Balaban J connectivity index is 1.64. The molecule has 2 atom stereocenters. The van der Waals surface area contributed by atoms with Crippen LogP contribution in [0.5, 0.6) is 5.75 Å². The highest BCUT2D eigenvalue weighted by Gasteiger charge is 2.32. The number of sulfone groups is 1. The second-order valence-electron chi connectivity index (χ2n) is 5.67. The molecule has 0 saturated carbocycles. The maximum Gasteiger partial charge on any atom is 0.230 e. The van der Waals surface area contributed by atoms with E-state index < -0.39 is 9.84 Å². The molecule has 1 aromatic heterocycles. The Kier molecular flexibility index (Phi) is 3.90. The van der Waals surface area contributed by atoms with Gasteiger partial charge < -0.3 is 9.26 Å². The summed E-state index contributed by atoms with van der Waals surface area (Å²) in [5.74, 6) is 2.07. The molecule has 0 radical (unpaired) electrons. The first-order chi connectivity index (χ1) is 10.4. The molecule has 0 saturated heterocycles. The van der Waals surface area contributed by atoms with Crippen molar-refractivity contribution in [1.29, 1.82) is 0 Å². The number of hydrogen-bond acceptors (Lipinski definition) is 6. The first-order valence-electron chi connectivity index (χ1n) is 7.17. The summed E-state index contributed by atoms with van der Waals surface area (Å²) in [6, 6.07) is 7.96. The van der Waals surface area contributed by atoms with Crippen molar-refractivity contribution in [2.75, 3.05) is 12.0 Å². The van der Waals surface area contributed by atoms with Crippen molar-refractivity contribution in [2.24, 2.45) is 0 Å². The van der Waals surface area contributed by atoms with Gasteiger partial charge in [0.15, 0.2) is 5.82 Å². The van der Waals surface area contributed by atoms with E-state index in [9.17, 15) is 8.42 Å². The first-order valence-corrected chi connectivity index (χ1v) is 9.23. The highest BCUT2D eigenvalue weighted by molar-refractivity contribution is 7.90. The molecule has 3 rings (SSSR count). The summed E-state index contributed by atoms with van der Waals surface area (Å²) in [6.45, 7) is 2.11. The third-order valence-electron chi connectivity index (χ3n) is 3.83. The number of aromatic nitrogens is 2. The van der Waals surface area contributed by atoms with E-state index in [1.807, 2.05) is 18.2 Å². The average Bonchev–Trinajstić information content (AvgIpc) is 3.03. The summed E-state index contributed by atoms with van der Waals surface area (Å²) >= 11 is 0. The molecule has 2 aromatic rings. The molecule has 0 amide bonds. The van der Waals surface area contributed by atoms with Crippen LogP contribution in [0.3, 0.4) is 0 Å². The van der Waals surface area contributed by atoms with Crippen LogP contribution in [-0.2, 0) is 22.7 Å². The zero-order valence-electron chi connectivity index (χ0n) is 12.5. The molecule has 1 aliphatic rings. The van der Waals surface area contributed by atoms with Gasteiger partial charge in [0.25, 0.3) is 0 Å². The lowest BCUT2D eigenvalue weighted by atomic mass is 9.96. The van der Waals surface area contributed by atoms with E-state index in [2.05, 4.69) is 23.1 Å². The van der Waals surface area contributed by atoms with Crippen molar-refractivity contribution in [2.45, 2.75) is 31.8 Å². The third kappa shape index (κ3) is 3.30. The monoisotopic (exact) mass is 322 g/mol. The number of hydrogen-bond donors (Lipinski definition) is 0. The molecule has 0 N–H and O–H groups in total. The number of ether oxygens (including phenoxy) is 1. The molecule has 0 fully saturated rings. The maximum atomic E-state index is 11.2. The minimum Gasteiger partial charge on any atom is -0.489 e. The SMILES string of the molecule is C[C@H]1c2ccccc2O[C@H]1Cc1nc(CCS(C)(=O)=O)no1. The smallest absolute Gasteiger partial charge is 0.230 e. The number of para-hydroxylation sites is 1. The van der Waals surface area contributed by atoms with Gasteiger partial charge in [-0.15, -0.1) is 0 Å². The van der Waals surface area contributed by atoms with Gasteiger partial charge in [0, 0.05) is 24.2 Å². The van der Waals surface area contributed by atoms with Crippen LogP contribution in [0.15, 0.2) is 28.8 Å². The van der Waals surface area contributed by atoms with Crippen LogP contribution < -0.4 is 4.74 Å².